The van der Waals surface area contributed by atoms with E-state index in [-0.39, 0.29) is 24.1 Å². The van der Waals surface area contributed by atoms with Crippen LogP contribution in [0, 0.1) is 5.92 Å². The smallest absolute Gasteiger partial charge is 0.239 e. The number of carbonyl (C=O) groups is 1. The number of methoxy groups -OCH3 is 1. The monoisotopic (exact) mass is 316 g/mol. The molecular weight excluding hydrogens is 292 g/mol. The molecule has 0 unspecified atom stereocenters. The summed E-state index contributed by atoms with van der Waals surface area (Å²) < 4.78 is 5.05. The lowest BCUT2D eigenvalue weighted by molar-refractivity contribution is -0.132. The Morgan fingerprint density at radius 1 is 1.43 bits per heavy atom. The molecule has 120 valence electrons. The zero-order valence-electron chi connectivity index (χ0n) is 13.0. The van der Waals surface area contributed by atoms with Crippen molar-refractivity contribution in [2.75, 3.05) is 14.2 Å². The molecule has 1 aromatic carbocycles. The van der Waals surface area contributed by atoms with E-state index in [1.165, 1.54) is 7.11 Å². The highest BCUT2D eigenvalue weighted by Gasteiger charge is 2.19. The number of ether oxygens (including phenoxy) is 1. The van der Waals surface area contributed by atoms with E-state index in [0.29, 0.717) is 24.6 Å². The third-order valence-corrected chi connectivity index (χ3v) is 3.08. The number of phenolic OH excluding ortho intramolecular Hbond substituents is 1. The van der Waals surface area contributed by atoms with E-state index < -0.39 is 6.04 Å². The zero-order chi connectivity index (χ0) is 15.3. The van der Waals surface area contributed by atoms with Crippen LogP contribution in [0.3, 0.4) is 0 Å². The molecular formula is C15H25ClN2O3. The molecule has 1 atom stereocenters. The molecule has 6 heteroatoms. The molecule has 0 aromatic heterocycles. The summed E-state index contributed by atoms with van der Waals surface area (Å²) in [4.78, 5) is 13.7. The fourth-order valence-corrected chi connectivity index (χ4v) is 2.06. The quantitative estimate of drug-likeness (QED) is 0.843. The highest BCUT2D eigenvalue weighted by molar-refractivity contribution is 5.85. The molecule has 5 nitrogen and oxygen atoms in total. The van der Waals surface area contributed by atoms with Crippen molar-refractivity contribution in [1.82, 2.24) is 4.90 Å². The van der Waals surface area contributed by atoms with Crippen molar-refractivity contribution in [2.45, 2.75) is 32.9 Å². The van der Waals surface area contributed by atoms with Gasteiger partial charge in [-0.3, -0.25) is 4.79 Å². The van der Waals surface area contributed by atoms with Crippen LogP contribution in [0.15, 0.2) is 18.2 Å². The Morgan fingerprint density at radius 3 is 2.57 bits per heavy atom. The summed E-state index contributed by atoms with van der Waals surface area (Å²) in [5, 5.41) is 9.54. The number of carbonyl (C=O) groups excluding carboxylic acids is 1. The van der Waals surface area contributed by atoms with Crippen LogP contribution < -0.4 is 10.5 Å². The minimum atomic E-state index is -0.473. The maximum Gasteiger partial charge on any atom is 0.239 e. The van der Waals surface area contributed by atoms with Gasteiger partial charge in [0.15, 0.2) is 11.5 Å². The molecule has 1 rings (SSSR count). The Labute approximate surface area is 132 Å². The Morgan fingerprint density at radius 2 is 2.05 bits per heavy atom. The van der Waals surface area contributed by atoms with Crippen molar-refractivity contribution < 1.29 is 14.6 Å². The Bertz CT molecular complexity index is 466. The molecule has 0 bridgehead atoms. The minimum absolute atomic E-state index is 0. The highest BCUT2D eigenvalue weighted by atomic mass is 35.5. The van der Waals surface area contributed by atoms with Gasteiger partial charge in [-0.25, -0.2) is 0 Å². The largest absolute Gasteiger partial charge is 0.504 e. The van der Waals surface area contributed by atoms with Gasteiger partial charge in [0, 0.05) is 13.6 Å². The van der Waals surface area contributed by atoms with E-state index >= 15 is 0 Å². The topological polar surface area (TPSA) is 75.8 Å². The number of benzene rings is 1. The summed E-state index contributed by atoms with van der Waals surface area (Å²) >= 11 is 0. The van der Waals surface area contributed by atoms with Gasteiger partial charge in [0.1, 0.15) is 0 Å². The molecule has 0 fully saturated rings. The normalized spacial score (nSPS) is 11.7. The van der Waals surface area contributed by atoms with E-state index in [1.54, 1.807) is 30.1 Å². The number of rotatable bonds is 6. The Hall–Kier alpha value is -1.46. The molecule has 3 N–H and O–H groups in total. The number of aromatic hydroxyl groups is 1. The van der Waals surface area contributed by atoms with Crippen molar-refractivity contribution in [2.24, 2.45) is 11.7 Å². The van der Waals surface area contributed by atoms with Crippen LogP contribution in [0.5, 0.6) is 11.5 Å². The summed E-state index contributed by atoms with van der Waals surface area (Å²) in [5.41, 5.74) is 6.78. The van der Waals surface area contributed by atoms with Crippen LogP contribution in [-0.2, 0) is 11.3 Å². The Kier molecular flexibility index (Phi) is 8.14. The number of hydrogen-bond donors (Lipinski definition) is 2. The fraction of sp³-hybridized carbons (Fsp3) is 0.533. The minimum Gasteiger partial charge on any atom is -0.504 e. The average Bonchev–Trinajstić information content (AvgIpc) is 2.39. The van der Waals surface area contributed by atoms with Gasteiger partial charge in [0.2, 0.25) is 5.91 Å². The number of nitrogens with two attached hydrogens (primary N) is 1. The fourth-order valence-electron chi connectivity index (χ4n) is 2.06. The summed E-state index contributed by atoms with van der Waals surface area (Å²) in [6.45, 7) is 4.51. The zero-order valence-corrected chi connectivity index (χ0v) is 13.8. The number of amides is 1. The molecule has 0 heterocycles. The summed E-state index contributed by atoms with van der Waals surface area (Å²) in [7, 11) is 3.22. The van der Waals surface area contributed by atoms with Gasteiger partial charge in [0.05, 0.1) is 13.2 Å². The first-order valence-corrected chi connectivity index (χ1v) is 6.71. The SMILES string of the molecule is COc1cc(CN(C)C(=O)[C@@H](N)CC(C)C)ccc1O.Cl. The predicted octanol–water partition coefficient (Wildman–Crippen LogP) is 2.15. The van der Waals surface area contributed by atoms with E-state index in [9.17, 15) is 9.90 Å². The molecule has 0 aliphatic heterocycles. The molecule has 0 spiro atoms. The van der Waals surface area contributed by atoms with E-state index in [0.717, 1.165) is 5.56 Å². The van der Waals surface area contributed by atoms with Crippen molar-refractivity contribution in [1.29, 1.82) is 0 Å². The maximum absolute atomic E-state index is 12.1. The van der Waals surface area contributed by atoms with Crippen LogP contribution in [-0.4, -0.2) is 36.1 Å². The average molecular weight is 317 g/mol. The molecule has 0 radical (unpaired) electrons. The summed E-state index contributed by atoms with van der Waals surface area (Å²) in [6, 6.07) is 4.56. The van der Waals surface area contributed by atoms with Gasteiger partial charge in [-0.1, -0.05) is 19.9 Å². The molecule has 0 saturated carbocycles. The van der Waals surface area contributed by atoms with Gasteiger partial charge in [-0.05, 0) is 30.0 Å². The van der Waals surface area contributed by atoms with Crippen LogP contribution in [0.1, 0.15) is 25.8 Å². The first-order chi connectivity index (χ1) is 9.35. The second kappa shape index (κ2) is 8.74. The van der Waals surface area contributed by atoms with Gasteiger partial charge in [-0.15, -0.1) is 12.4 Å². The van der Waals surface area contributed by atoms with Crippen LogP contribution in [0.4, 0.5) is 0 Å². The van der Waals surface area contributed by atoms with E-state index in [1.807, 2.05) is 13.8 Å². The first-order valence-electron chi connectivity index (χ1n) is 6.71. The number of nitrogens with zero attached hydrogens (tertiary/aromatic N) is 1. The van der Waals surface area contributed by atoms with Crippen molar-refractivity contribution in [3.05, 3.63) is 23.8 Å². The number of hydrogen-bond acceptors (Lipinski definition) is 4. The van der Waals surface area contributed by atoms with Crippen LogP contribution >= 0.6 is 12.4 Å². The van der Waals surface area contributed by atoms with Gasteiger partial charge in [0.25, 0.3) is 0 Å². The maximum atomic E-state index is 12.1. The van der Waals surface area contributed by atoms with E-state index in [2.05, 4.69) is 0 Å². The van der Waals surface area contributed by atoms with Crippen LogP contribution in [0.2, 0.25) is 0 Å². The molecule has 21 heavy (non-hydrogen) atoms. The standard InChI is InChI=1S/C15H24N2O3.ClH/c1-10(2)7-12(16)15(19)17(3)9-11-5-6-13(18)14(8-11)20-4;/h5-6,8,10,12,18H,7,9,16H2,1-4H3;1H/t12-;/m0./s1. The first kappa shape index (κ1) is 19.5. The molecule has 0 aliphatic carbocycles. The van der Waals surface area contributed by atoms with Gasteiger partial charge >= 0.3 is 0 Å². The molecule has 0 aliphatic rings. The lowest BCUT2D eigenvalue weighted by atomic mass is 10.0. The molecule has 1 aromatic rings. The lowest BCUT2D eigenvalue weighted by Crippen LogP contribution is -2.42. The van der Waals surface area contributed by atoms with Crippen molar-refractivity contribution >= 4 is 18.3 Å². The third-order valence-electron chi connectivity index (χ3n) is 3.08. The number of likely N-dealkylation sites (N-methyl/N-ethyl adjacent to an activating group) is 1. The van der Waals surface area contributed by atoms with Gasteiger partial charge in [-0.2, -0.15) is 0 Å². The summed E-state index contributed by atoms with van der Waals surface area (Å²) in [5.74, 6) is 0.790. The number of phenols is 1. The number of halogens is 1. The van der Waals surface area contributed by atoms with E-state index in [4.69, 9.17) is 10.5 Å². The third kappa shape index (κ3) is 5.81. The summed E-state index contributed by atoms with van der Waals surface area (Å²) in [6.07, 6.45) is 0.669. The second-order valence-electron chi connectivity index (χ2n) is 5.44. The highest BCUT2D eigenvalue weighted by Crippen LogP contribution is 2.26. The molecule has 1 amide bonds. The Balaban J connectivity index is 0.00000400. The van der Waals surface area contributed by atoms with Crippen molar-refractivity contribution in [3.63, 3.8) is 0 Å². The lowest BCUT2D eigenvalue weighted by Gasteiger charge is -2.22. The second-order valence-corrected chi connectivity index (χ2v) is 5.44. The molecule has 0 saturated heterocycles. The van der Waals surface area contributed by atoms with Crippen molar-refractivity contribution in [3.8, 4) is 11.5 Å². The predicted molar refractivity (Wildman–Crippen MR) is 85.8 cm³/mol. The van der Waals surface area contributed by atoms with Gasteiger partial charge < -0.3 is 20.5 Å². The van der Waals surface area contributed by atoms with Crippen LogP contribution in [0.25, 0.3) is 0 Å².